The second-order valence-corrected chi connectivity index (χ2v) is 4.63. The van der Waals surface area contributed by atoms with Crippen molar-refractivity contribution in [3.63, 3.8) is 0 Å². The molecule has 1 N–H and O–H groups in total. The van der Waals surface area contributed by atoms with Crippen molar-refractivity contribution in [1.82, 2.24) is 5.43 Å². The Balaban J connectivity index is 2.03. The van der Waals surface area contributed by atoms with Gasteiger partial charge in [0.05, 0.1) is 16.7 Å². The second-order valence-electron chi connectivity index (χ2n) is 4.63. The lowest BCUT2D eigenvalue weighted by Crippen LogP contribution is -2.17. The van der Waals surface area contributed by atoms with Gasteiger partial charge in [0.25, 0.3) is 11.6 Å². The molecule has 0 saturated heterocycles. The Hall–Kier alpha value is -3.23. The molecule has 0 aliphatic carbocycles. The normalized spacial score (nSPS) is 11.5. The lowest BCUT2D eigenvalue weighted by Gasteiger charge is -2.06. The number of nitro groups is 1. The number of hydrogen-bond acceptors (Lipinski definition) is 4. The first-order valence-electron chi connectivity index (χ1n) is 6.52. The minimum absolute atomic E-state index is 0.127. The summed E-state index contributed by atoms with van der Waals surface area (Å²) >= 11 is 0. The summed E-state index contributed by atoms with van der Waals surface area (Å²) < 4.78 is 37.7. The molecule has 6 nitrogen and oxygen atoms in total. The van der Waals surface area contributed by atoms with Crippen molar-refractivity contribution in [1.29, 1.82) is 0 Å². The number of nitrogens with one attached hydrogen (secondary N) is 1. The third kappa shape index (κ3) is 4.38. The van der Waals surface area contributed by atoms with Gasteiger partial charge >= 0.3 is 6.18 Å². The predicted molar refractivity (Wildman–Crippen MR) is 79.6 cm³/mol. The molecule has 0 aliphatic heterocycles. The monoisotopic (exact) mass is 337 g/mol. The van der Waals surface area contributed by atoms with Crippen molar-refractivity contribution < 1.29 is 22.9 Å². The Morgan fingerprint density at radius 2 is 1.83 bits per heavy atom. The number of non-ortho nitro benzene ring substituents is 1. The van der Waals surface area contributed by atoms with Crippen molar-refractivity contribution in [2.24, 2.45) is 5.10 Å². The van der Waals surface area contributed by atoms with Crippen LogP contribution in [0.15, 0.2) is 53.6 Å². The van der Waals surface area contributed by atoms with Crippen LogP contribution in [0.3, 0.4) is 0 Å². The maximum atomic E-state index is 12.6. The number of hydrogen-bond donors (Lipinski definition) is 1. The Morgan fingerprint density at radius 3 is 2.42 bits per heavy atom. The van der Waals surface area contributed by atoms with E-state index < -0.39 is 22.6 Å². The Bertz CT molecular complexity index is 787. The van der Waals surface area contributed by atoms with Crippen LogP contribution in [-0.2, 0) is 6.18 Å². The van der Waals surface area contributed by atoms with Gasteiger partial charge < -0.3 is 0 Å². The van der Waals surface area contributed by atoms with Gasteiger partial charge in [0.15, 0.2) is 0 Å². The van der Waals surface area contributed by atoms with Gasteiger partial charge in [-0.2, -0.15) is 18.3 Å². The number of nitro benzene ring substituents is 1. The third-order valence-electron chi connectivity index (χ3n) is 2.93. The van der Waals surface area contributed by atoms with E-state index in [9.17, 15) is 28.1 Å². The minimum atomic E-state index is -4.47. The largest absolute Gasteiger partial charge is 0.416 e. The van der Waals surface area contributed by atoms with Gasteiger partial charge in [-0.15, -0.1) is 0 Å². The van der Waals surface area contributed by atoms with Gasteiger partial charge in [0.2, 0.25) is 0 Å². The standard InChI is InChI=1S/C15H10F3N3O3/c16-15(17,18)12-3-1-2-10(8-12)9-19-20-14(22)11-4-6-13(7-5-11)21(23)24/h1-9H,(H,20,22)/b19-9-. The molecule has 0 bridgehead atoms. The van der Waals surface area contributed by atoms with Gasteiger partial charge in [0, 0.05) is 17.7 Å². The fourth-order valence-corrected chi connectivity index (χ4v) is 1.76. The first kappa shape index (κ1) is 17.1. The van der Waals surface area contributed by atoms with Crippen molar-refractivity contribution in [3.05, 3.63) is 75.3 Å². The van der Waals surface area contributed by atoms with E-state index in [2.05, 4.69) is 10.5 Å². The van der Waals surface area contributed by atoms with Gasteiger partial charge in [-0.3, -0.25) is 14.9 Å². The summed E-state index contributed by atoms with van der Waals surface area (Å²) in [5.41, 5.74) is 1.43. The molecule has 0 aliphatic rings. The molecule has 124 valence electrons. The highest BCUT2D eigenvalue weighted by Crippen LogP contribution is 2.29. The Kier molecular flexibility index (Phi) is 4.93. The SMILES string of the molecule is O=C(N/N=C\c1cccc(C(F)(F)F)c1)c1ccc([N+](=O)[O-])cc1. The summed E-state index contributed by atoms with van der Waals surface area (Å²) in [6.45, 7) is 0. The number of rotatable bonds is 4. The summed E-state index contributed by atoms with van der Waals surface area (Å²) in [6, 6.07) is 9.24. The Morgan fingerprint density at radius 1 is 1.17 bits per heavy atom. The van der Waals surface area contributed by atoms with E-state index in [1.807, 2.05) is 0 Å². The number of nitrogens with zero attached hydrogens (tertiary/aromatic N) is 2. The number of hydrazone groups is 1. The molecule has 0 spiro atoms. The second kappa shape index (κ2) is 6.90. The molecule has 0 atom stereocenters. The molecule has 9 heteroatoms. The molecule has 1 amide bonds. The van der Waals surface area contributed by atoms with E-state index in [4.69, 9.17) is 0 Å². The highest BCUT2D eigenvalue weighted by Gasteiger charge is 2.30. The first-order valence-corrected chi connectivity index (χ1v) is 6.52. The summed E-state index contributed by atoms with van der Waals surface area (Å²) in [4.78, 5) is 21.7. The van der Waals surface area contributed by atoms with Crippen molar-refractivity contribution >= 4 is 17.8 Å². The molecule has 0 unspecified atom stereocenters. The zero-order valence-corrected chi connectivity index (χ0v) is 11.9. The molecule has 2 rings (SSSR count). The van der Waals surface area contributed by atoms with Crippen molar-refractivity contribution in [2.75, 3.05) is 0 Å². The smallest absolute Gasteiger partial charge is 0.267 e. The number of alkyl halides is 3. The van der Waals surface area contributed by atoms with E-state index in [0.29, 0.717) is 0 Å². The summed E-state index contributed by atoms with van der Waals surface area (Å²) in [6.07, 6.45) is -3.40. The van der Waals surface area contributed by atoms with Crippen LogP contribution in [-0.4, -0.2) is 17.0 Å². The Labute approximate surface area is 133 Å². The van der Waals surface area contributed by atoms with Crippen molar-refractivity contribution in [3.8, 4) is 0 Å². The highest BCUT2D eigenvalue weighted by atomic mass is 19.4. The summed E-state index contributed by atoms with van der Waals surface area (Å²) in [5, 5.41) is 14.1. The molecule has 0 aromatic heterocycles. The van der Waals surface area contributed by atoms with Crippen LogP contribution >= 0.6 is 0 Å². The average molecular weight is 337 g/mol. The molecule has 24 heavy (non-hydrogen) atoms. The van der Waals surface area contributed by atoms with Crippen LogP contribution in [0.2, 0.25) is 0 Å². The third-order valence-corrected chi connectivity index (χ3v) is 2.93. The van der Waals surface area contributed by atoms with E-state index in [1.165, 1.54) is 24.3 Å². The number of carbonyl (C=O) groups excluding carboxylic acids is 1. The van der Waals surface area contributed by atoms with E-state index >= 15 is 0 Å². The fraction of sp³-hybridized carbons (Fsp3) is 0.0667. The van der Waals surface area contributed by atoms with E-state index in [1.54, 1.807) is 0 Å². The zero-order valence-electron chi connectivity index (χ0n) is 11.9. The van der Waals surface area contributed by atoms with Gasteiger partial charge in [-0.25, -0.2) is 5.43 Å². The van der Waals surface area contributed by atoms with Crippen LogP contribution in [0.5, 0.6) is 0 Å². The maximum Gasteiger partial charge on any atom is 0.416 e. The molecule has 2 aromatic carbocycles. The van der Waals surface area contributed by atoms with Crippen LogP contribution in [0, 0.1) is 10.1 Å². The number of benzene rings is 2. The first-order chi connectivity index (χ1) is 11.3. The number of amides is 1. The van der Waals surface area contributed by atoms with Crippen LogP contribution in [0.4, 0.5) is 18.9 Å². The highest BCUT2D eigenvalue weighted by molar-refractivity contribution is 5.95. The molecule has 2 aromatic rings. The topological polar surface area (TPSA) is 84.6 Å². The summed E-state index contributed by atoms with van der Waals surface area (Å²) in [5.74, 6) is -0.645. The van der Waals surface area contributed by atoms with Crippen LogP contribution < -0.4 is 5.43 Å². The molecule has 0 radical (unpaired) electrons. The quantitative estimate of drug-likeness (QED) is 0.527. The van der Waals surface area contributed by atoms with Gasteiger partial charge in [-0.1, -0.05) is 12.1 Å². The van der Waals surface area contributed by atoms with E-state index in [-0.39, 0.29) is 16.8 Å². The average Bonchev–Trinajstić information content (AvgIpc) is 2.54. The van der Waals surface area contributed by atoms with Crippen LogP contribution in [0.1, 0.15) is 21.5 Å². The lowest BCUT2D eigenvalue weighted by molar-refractivity contribution is -0.384. The number of carbonyl (C=O) groups is 1. The van der Waals surface area contributed by atoms with Crippen molar-refractivity contribution in [2.45, 2.75) is 6.18 Å². The van der Waals surface area contributed by atoms with Crippen LogP contribution in [0.25, 0.3) is 0 Å². The fourth-order valence-electron chi connectivity index (χ4n) is 1.76. The molecular weight excluding hydrogens is 327 g/mol. The lowest BCUT2D eigenvalue weighted by atomic mass is 10.1. The van der Waals surface area contributed by atoms with E-state index in [0.717, 1.165) is 30.5 Å². The zero-order chi connectivity index (χ0) is 17.7. The van der Waals surface area contributed by atoms with Gasteiger partial charge in [0.1, 0.15) is 0 Å². The maximum absolute atomic E-state index is 12.6. The molecule has 0 fully saturated rings. The minimum Gasteiger partial charge on any atom is -0.267 e. The van der Waals surface area contributed by atoms with Gasteiger partial charge in [-0.05, 0) is 29.8 Å². The molecular formula is C15H10F3N3O3. The summed E-state index contributed by atoms with van der Waals surface area (Å²) in [7, 11) is 0. The molecule has 0 heterocycles. The predicted octanol–water partition coefficient (Wildman–Crippen LogP) is 3.38. The number of halogens is 3. The molecule has 0 saturated carbocycles.